The summed E-state index contributed by atoms with van der Waals surface area (Å²) < 4.78 is 18.3. The molecule has 2 nitrogen and oxygen atoms in total. The highest BCUT2D eigenvalue weighted by molar-refractivity contribution is 5.82. The summed E-state index contributed by atoms with van der Waals surface area (Å²) in [5.74, 6) is 0.572. The normalized spacial score (nSPS) is 11.1. The van der Waals surface area contributed by atoms with Gasteiger partial charge in [-0.3, -0.25) is 0 Å². The molecule has 1 aromatic heterocycles. The van der Waals surface area contributed by atoms with Crippen molar-refractivity contribution in [2.24, 2.45) is 0 Å². The zero-order chi connectivity index (χ0) is 14.7. The first kappa shape index (κ1) is 13.3. The van der Waals surface area contributed by atoms with Gasteiger partial charge in [-0.2, -0.15) is 0 Å². The number of fused-ring (bicyclic) bond motifs is 1. The molecule has 21 heavy (non-hydrogen) atoms. The zero-order valence-corrected chi connectivity index (χ0v) is 11.6. The fourth-order valence-corrected chi connectivity index (χ4v) is 2.13. The van der Waals surface area contributed by atoms with Gasteiger partial charge in [0, 0.05) is 5.39 Å². The van der Waals surface area contributed by atoms with Crippen molar-refractivity contribution in [1.29, 1.82) is 0 Å². The second-order valence-corrected chi connectivity index (χ2v) is 4.68. The third-order valence-corrected chi connectivity index (χ3v) is 3.21. The number of ether oxygens (including phenoxy) is 1. The molecule has 0 aliphatic carbocycles. The number of methoxy groups -OCH3 is 1. The SMILES string of the molecule is COc1ccc2nc(/C=C/c3cccc(F)c3)ccc2c1. The number of pyridine rings is 1. The lowest BCUT2D eigenvalue weighted by Gasteiger charge is -2.02. The number of aromatic nitrogens is 1. The molecule has 0 aliphatic heterocycles. The predicted molar refractivity (Wildman–Crippen MR) is 83.6 cm³/mol. The van der Waals surface area contributed by atoms with Crippen LogP contribution < -0.4 is 4.74 Å². The van der Waals surface area contributed by atoms with E-state index in [0.717, 1.165) is 27.9 Å². The van der Waals surface area contributed by atoms with Gasteiger partial charge in [0.05, 0.1) is 18.3 Å². The van der Waals surface area contributed by atoms with Gasteiger partial charge in [-0.1, -0.05) is 24.3 Å². The van der Waals surface area contributed by atoms with E-state index in [1.807, 2.05) is 48.6 Å². The molecule has 0 aliphatic rings. The second-order valence-electron chi connectivity index (χ2n) is 4.68. The van der Waals surface area contributed by atoms with Crippen molar-refractivity contribution < 1.29 is 9.13 Å². The van der Waals surface area contributed by atoms with Gasteiger partial charge in [-0.15, -0.1) is 0 Å². The molecule has 0 saturated carbocycles. The second kappa shape index (κ2) is 5.75. The van der Waals surface area contributed by atoms with Gasteiger partial charge in [0.2, 0.25) is 0 Å². The summed E-state index contributed by atoms with van der Waals surface area (Å²) >= 11 is 0. The van der Waals surface area contributed by atoms with E-state index in [-0.39, 0.29) is 5.82 Å². The lowest BCUT2D eigenvalue weighted by molar-refractivity contribution is 0.415. The lowest BCUT2D eigenvalue weighted by Crippen LogP contribution is -1.86. The number of hydrogen-bond acceptors (Lipinski definition) is 2. The third kappa shape index (κ3) is 3.08. The molecule has 0 unspecified atom stereocenters. The smallest absolute Gasteiger partial charge is 0.123 e. The van der Waals surface area contributed by atoms with E-state index >= 15 is 0 Å². The van der Waals surface area contributed by atoms with E-state index < -0.39 is 0 Å². The third-order valence-electron chi connectivity index (χ3n) is 3.21. The molecular formula is C18H14FNO. The van der Waals surface area contributed by atoms with Gasteiger partial charge in [0.25, 0.3) is 0 Å². The van der Waals surface area contributed by atoms with E-state index in [1.54, 1.807) is 13.2 Å². The first-order chi connectivity index (χ1) is 10.2. The van der Waals surface area contributed by atoms with Crippen LogP contribution in [-0.2, 0) is 0 Å². The van der Waals surface area contributed by atoms with Crippen LogP contribution in [-0.4, -0.2) is 12.1 Å². The highest BCUT2D eigenvalue weighted by Crippen LogP contribution is 2.20. The Balaban J connectivity index is 1.91. The monoisotopic (exact) mass is 279 g/mol. The van der Waals surface area contributed by atoms with Crippen LogP contribution in [0.15, 0.2) is 54.6 Å². The molecule has 3 heteroatoms. The molecule has 0 bridgehead atoms. The molecule has 0 radical (unpaired) electrons. The number of nitrogens with zero attached hydrogens (tertiary/aromatic N) is 1. The van der Waals surface area contributed by atoms with Crippen LogP contribution in [0, 0.1) is 5.82 Å². The van der Waals surface area contributed by atoms with Gasteiger partial charge in [0.15, 0.2) is 0 Å². The van der Waals surface area contributed by atoms with Gasteiger partial charge < -0.3 is 4.74 Å². The largest absolute Gasteiger partial charge is 0.497 e. The summed E-state index contributed by atoms with van der Waals surface area (Å²) in [4.78, 5) is 4.55. The van der Waals surface area contributed by atoms with Gasteiger partial charge in [-0.05, 0) is 48.0 Å². The maximum Gasteiger partial charge on any atom is 0.123 e. The van der Waals surface area contributed by atoms with Crippen LogP contribution in [0.3, 0.4) is 0 Å². The minimum absolute atomic E-state index is 0.240. The Morgan fingerprint density at radius 3 is 2.71 bits per heavy atom. The molecule has 0 N–H and O–H groups in total. The molecule has 0 spiro atoms. The quantitative estimate of drug-likeness (QED) is 0.701. The highest BCUT2D eigenvalue weighted by Gasteiger charge is 1.99. The van der Waals surface area contributed by atoms with E-state index in [2.05, 4.69) is 4.98 Å². The standard InChI is InChI=1S/C18H14FNO/c1-21-17-9-10-18-14(12-17)6-8-16(20-18)7-5-13-3-2-4-15(19)11-13/h2-12H,1H3/b7-5+. The summed E-state index contributed by atoms with van der Waals surface area (Å²) in [5.41, 5.74) is 2.54. The number of rotatable bonds is 3. The predicted octanol–water partition coefficient (Wildman–Crippen LogP) is 4.55. The number of halogens is 1. The van der Waals surface area contributed by atoms with Crippen LogP contribution >= 0.6 is 0 Å². The molecule has 0 saturated heterocycles. The fourth-order valence-electron chi connectivity index (χ4n) is 2.13. The van der Waals surface area contributed by atoms with Crippen molar-refractivity contribution in [3.8, 4) is 5.75 Å². The van der Waals surface area contributed by atoms with Crippen molar-refractivity contribution in [3.63, 3.8) is 0 Å². The van der Waals surface area contributed by atoms with Crippen molar-refractivity contribution >= 4 is 23.1 Å². The molecule has 104 valence electrons. The molecule has 3 aromatic rings. The molecule has 2 aromatic carbocycles. The summed E-state index contributed by atoms with van der Waals surface area (Å²) in [5, 5.41) is 1.03. The van der Waals surface area contributed by atoms with Crippen LogP contribution in [0.25, 0.3) is 23.1 Å². The van der Waals surface area contributed by atoms with Crippen LogP contribution in [0.5, 0.6) is 5.75 Å². The first-order valence-corrected chi connectivity index (χ1v) is 6.63. The molecule has 1 heterocycles. The molecule has 0 amide bonds. The van der Waals surface area contributed by atoms with Crippen LogP contribution in [0.2, 0.25) is 0 Å². The van der Waals surface area contributed by atoms with E-state index in [0.29, 0.717) is 0 Å². The Morgan fingerprint density at radius 1 is 1.00 bits per heavy atom. The highest BCUT2D eigenvalue weighted by atomic mass is 19.1. The van der Waals surface area contributed by atoms with Crippen LogP contribution in [0.1, 0.15) is 11.3 Å². The van der Waals surface area contributed by atoms with E-state index in [9.17, 15) is 4.39 Å². The lowest BCUT2D eigenvalue weighted by atomic mass is 10.1. The Bertz CT molecular complexity index is 811. The summed E-state index contributed by atoms with van der Waals surface area (Å²) in [6.07, 6.45) is 3.72. The summed E-state index contributed by atoms with van der Waals surface area (Å²) in [6.45, 7) is 0. The summed E-state index contributed by atoms with van der Waals surface area (Å²) in [6, 6.07) is 16.1. The maximum absolute atomic E-state index is 13.1. The van der Waals surface area contributed by atoms with Gasteiger partial charge >= 0.3 is 0 Å². The van der Waals surface area contributed by atoms with E-state index in [1.165, 1.54) is 12.1 Å². The zero-order valence-electron chi connectivity index (χ0n) is 11.6. The van der Waals surface area contributed by atoms with Crippen molar-refractivity contribution in [2.45, 2.75) is 0 Å². The van der Waals surface area contributed by atoms with E-state index in [4.69, 9.17) is 4.74 Å². The number of hydrogen-bond donors (Lipinski definition) is 0. The minimum Gasteiger partial charge on any atom is -0.497 e. The Kier molecular flexibility index (Phi) is 3.65. The molecule has 3 rings (SSSR count). The van der Waals surface area contributed by atoms with Gasteiger partial charge in [-0.25, -0.2) is 9.37 Å². The van der Waals surface area contributed by atoms with Crippen LogP contribution in [0.4, 0.5) is 4.39 Å². The molecular weight excluding hydrogens is 265 g/mol. The molecule has 0 fully saturated rings. The molecule has 0 atom stereocenters. The Morgan fingerprint density at radius 2 is 1.90 bits per heavy atom. The maximum atomic E-state index is 13.1. The summed E-state index contributed by atoms with van der Waals surface area (Å²) in [7, 11) is 1.64. The van der Waals surface area contributed by atoms with Crippen molar-refractivity contribution in [3.05, 3.63) is 71.7 Å². The average molecular weight is 279 g/mol. The topological polar surface area (TPSA) is 22.1 Å². The Labute approximate surface area is 122 Å². The van der Waals surface area contributed by atoms with Gasteiger partial charge in [0.1, 0.15) is 11.6 Å². The first-order valence-electron chi connectivity index (χ1n) is 6.63. The fraction of sp³-hybridized carbons (Fsp3) is 0.0556. The van der Waals surface area contributed by atoms with Crippen molar-refractivity contribution in [1.82, 2.24) is 4.98 Å². The van der Waals surface area contributed by atoms with Crippen molar-refractivity contribution in [2.75, 3.05) is 7.11 Å². The minimum atomic E-state index is -0.240. The average Bonchev–Trinajstić information content (AvgIpc) is 2.52. The Hall–Kier alpha value is -2.68. The number of benzene rings is 2.